The molecule has 0 spiro atoms. The second kappa shape index (κ2) is 6.78. The molecule has 18 heavy (non-hydrogen) atoms. The number of hydrogen-bond donors (Lipinski definition) is 1. The van der Waals surface area contributed by atoms with E-state index in [0.717, 1.165) is 17.2 Å². The SMILES string of the molecule is CCOc1ccc(NC2CCCSC2)cc1OC. The number of ether oxygens (including phenoxy) is 2. The molecule has 1 aromatic rings. The average Bonchev–Trinajstić information content (AvgIpc) is 2.42. The summed E-state index contributed by atoms with van der Waals surface area (Å²) in [5.41, 5.74) is 1.11. The van der Waals surface area contributed by atoms with Gasteiger partial charge in [-0.2, -0.15) is 11.8 Å². The lowest BCUT2D eigenvalue weighted by atomic mass is 10.1. The molecule has 0 saturated carbocycles. The summed E-state index contributed by atoms with van der Waals surface area (Å²) in [5.74, 6) is 4.09. The number of thioether (sulfide) groups is 1. The molecule has 1 aliphatic heterocycles. The van der Waals surface area contributed by atoms with Crippen LogP contribution in [0, 0.1) is 0 Å². The Morgan fingerprint density at radius 2 is 2.28 bits per heavy atom. The topological polar surface area (TPSA) is 30.5 Å². The van der Waals surface area contributed by atoms with E-state index in [-0.39, 0.29) is 0 Å². The van der Waals surface area contributed by atoms with Gasteiger partial charge in [-0.3, -0.25) is 0 Å². The largest absolute Gasteiger partial charge is 0.493 e. The van der Waals surface area contributed by atoms with Gasteiger partial charge in [0.25, 0.3) is 0 Å². The molecule has 1 atom stereocenters. The van der Waals surface area contributed by atoms with Crippen molar-refractivity contribution in [2.75, 3.05) is 30.5 Å². The van der Waals surface area contributed by atoms with Crippen LogP contribution in [0.3, 0.4) is 0 Å². The van der Waals surface area contributed by atoms with Gasteiger partial charge in [0.05, 0.1) is 13.7 Å². The van der Waals surface area contributed by atoms with Crippen molar-refractivity contribution in [3.8, 4) is 11.5 Å². The summed E-state index contributed by atoms with van der Waals surface area (Å²) >= 11 is 2.03. The fraction of sp³-hybridized carbons (Fsp3) is 0.571. The molecule has 1 aliphatic rings. The van der Waals surface area contributed by atoms with E-state index in [0.29, 0.717) is 12.6 Å². The third-order valence-corrected chi connectivity index (χ3v) is 4.21. The molecule has 0 aliphatic carbocycles. The predicted octanol–water partition coefficient (Wildman–Crippen LogP) is 3.40. The summed E-state index contributed by atoms with van der Waals surface area (Å²) in [5, 5.41) is 3.57. The van der Waals surface area contributed by atoms with Gasteiger partial charge in [-0.25, -0.2) is 0 Å². The van der Waals surface area contributed by atoms with Crippen LogP contribution < -0.4 is 14.8 Å². The van der Waals surface area contributed by atoms with E-state index in [1.165, 1.54) is 24.3 Å². The van der Waals surface area contributed by atoms with Gasteiger partial charge in [0, 0.05) is 23.5 Å². The highest BCUT2D eigenvalue weighted by atomic mass is 32.2. The fourth-order valence-corrected chi connectivity index (χ4v) is 3.19. The molecule has 100 valence electrons. The quantitative estimate of drug-likeness (QED) is 0.885. The first-order chi connectivity index (χ1) is 8.83. The summed E-state index contributed by atoms with van der Waals surface area (Å²) in [7, 11) is 1.68. The first kappa shape index (κ1) is 13.4. The van der Waals surface area contributed by atoms with Gasteiger partial charge >= 0.3 is 0 Å². The molecule has 1 fully saturated rings. The normalized spacial score (nSPS) is 19.3. The van der Waals surface area contributed by atoms with E-state index < -0.39 is 0 Å². The van der Waals surface area contributed by atoms with Crippen LogP contribution in [0.1, 0.15) is 19.8 Å². The molecule has 0 amide bonds. The molecule has 1 heterocycles. The van der Waals surface area contributed by atoms with Crippen molar-refractivity contribution in [2.24, 2.45) is 0 Å². The highest BCUT2D eigenvalue weighted by Gasteiger charge is 2.14. The third kappa shape index (κ3) is 3.48. The Morgan fingerprint density at radius 1 is 1.39 bits per heavy atom. The number of benzene rings is 1. The second-order valence-electron chi connectivity index (χ2n) is 4.36. The van der Waals surface area contributed by atoms with Crippen molar-refractivity contribution in [3.05, 3.63) is 18.2 Å². The molecule has 1 aromatic carbocycles. The Hall–Kier alpha value is -1.03. The zero-order chi connectivity index (χ0) is 12.8. The van der Waals surface area contributed by atoms with Crippen molar-refractivity contribution in [1.82, 2.24) is 0 Å². The lowest BCUT2D eigenvalue weighted by Crippen LogP contribution is -2.25. The van der Waals surface area contributed by atoms with Crippen LogP contribution in [0.5, 0.6) is 11.5 Å². The fourth-order valence-electron chi connectivity index (χ4n) is 2.12. The van der Waals surface area contributed by atoms with Crippen LogP contribution in [-0.4, -0.2) is 31.3 Å². The average molecular weight is 267 g/mol. The van der Waals surface area contributed by atoms with Gasteiger partial charge in [-0.1, -0.05) is 0 Å². The van der Waals surface area contributed by atoms with Gasteiger partial charge in [0.15, 0.2) is 11.5 Å². The van der Waals surface area contributed by atoms with E-state index in [1.807, 2.05) is 30.8 Å². The van der Waals surface area contributed by atoms with Crippen LogP contribution >= 0.6 is 11.8 Å². The summed E-state index contributed by atoms with van der Waals surface area (Å²) in [4.78, 5) is 0. The van der Waals surface area contributed by atoms with Gasteiger partial charge in [0.1, 0.15) is 0 Å². The highest BCUT2D eigenvalue weighted by molar-refractivity contribution is 7.99. The molecule has 1 saturated heterocycles. The first-order valence-electron chi connectivity index (χ1n) is 6.48. The van der Waals surface area contributed by atoms with Crippen molar-refractivity contribution < 1.29 is 9.47 Å². The van der Waals surface area contributed by atoms with E-state index in [1.54, 1.807) is 7.11 Å². The third-order valence-electron chi connectivity index (χ3n) is 2.99. The van der Waals surface area contributed by atoms with Gasteiger partial charge < -0.3 is 14.8 Å². The van der Waals surface area contributed by atoms with Crippen LogP contribution in [0.2, 0.25) is 0 Å². The number of nitrogens with one attached hydrogen (secondary N) is 1. The van der Waals surface area contributed by atoms with Crippen LogP contribution in [0.4, 0.5) is 5.69 Å². The van der Waals surface area contributed by atoms with Gasteiger partial charge in [-0.05, 0) is 37.7 Å². The number of rotatable bonds is 5. The highest BCUT2D eigenvalue weighted by Crippen LogP contribution is 2.31. The van der Waals surface area contributed by atoms with Gasteiger partial charge in [0.2, 0.25) is 0 Å². The van der Waals surface area contributed by atoms with E-state index in [2.05, 4.69) is 11.4 Å². The summed E-state index contributed by atoms with van der Waals surface area (Å²) < 4.78 is 10.9. The monoisotopic (exact) mass is 267 g/mol. The van der Waals surface area contributed by atoms with Crippen LogP contribution in [-0.2, 0) is 0 Å². The maximum Gasteiger partial charge on any atom is 0.162 e. The summed E-state index contributed by atoms with van der Waals surface area (Å²) in [6.45, 7) is 2.63. The lowest BCUT2D eigenvalue weighted by molar-refractivity contribution is 0.311. The molecular weight excluding hydrogens is 246 g/mol. The van der Waals surface area contributed by atoms with E-state index in [9.17, 15) is 0 Å². The maximum atomic E-state index is 5.52. The number of anilines is 1. The molecule has 3 nitrogen and oxygen atoms in total. The van der Waals surface area contributed by atoms with E-state index >= 15 is 0 Å². The minimum absolute atomic E-state index is 0.575. The van der Waals surface area contributed by atoms with E-state index in [4.69, 9.17) is 9.47 Å². The Morgan fingerprint density at radius 3 is 2.94 bits per heavy atom. The standard InChI is InChI=1S/C14H21NO2S/c1-3-17-13-7-6-11(9-14(13)16-2)15-12-5-4-8-18-10-12/h6-7,9,12,15H,3-5,8,10H2,1-2H3. The van der Waals surface area contributed by atoms with Crippen molar-refractivity contribution >= 4 is 17.4 Å². The molecule has 0 aromatic heterocycles. The first-order valence-corrected chi connectivity index (χ1v) is 7.64. The molecule has 0 radical (unpaired) electrons. The molecule has 0 bridgehead atoms. The Bertz CT molecular complexity index is 378. The molecular formula is C14H21NO2S. The van der Waals surface area contributed by atoms with Crippen molar-refractivity contribution in [3.63, 3.8) is 0 Å². The minimum Gasteiger partial charge on any atom is -0.493 e. The molecule has 4 heteroatoms. The zero-order valence-corrected chi connectivity index (χ0v) is 11.9. The Kier molecular flexibility index (Phi) is 5.05. The van der Waals surface area contributed by atoms with Crippen molar-refractivity contribution in [1.29, 1.82) is 0 Å². The summed E-state index contributed by atoms with van der Waals surface area (Å²) in [6, 6.07) is 6.63. The second-order valence-corrected chi connectivity index (χ2v) is 5.51. The Balaban J connectivity index is 2.04. The Labute approximate surface area is 113 Å². The molecule has 1 N–H and O–H groups in total. The minimum atomic E-state index is 0.575. The van der Waals surface area contributed by atoms with Crippen molar-refractivity contribution in [2.45, 2.75) is 25.8 Å². The molecule has 2 rings (SSSR count). The zero-order valence-electron chi connectivity index (χ0n) is 11.1. The van der Waals surface area contributed by atoms with Crippen LogP contribution in [0.15, 0.2) is 18.2 Å². The number of methoxy groups -OCH3 is 1. The summed E-state index contributed by atoms with van der Waals surface area (Å²) in [6.07, 6.45) is 2.55. The smallest absolute Gasteiger partial charge is 0.162 e. The maximum absolute atomic E-state index is 5.52. The lowest BCUT2D eigenvalue weighted by Gasteiger charge is -2.24. The molecule has 1 unspecified atom stereocenters. The number of hydrogen-bond acceptors (Lipinski definition) is 4. The van der Waals surface area contributed by atoms with Crippen LogP contribution in [0.25, 0.3) is 0 Å². The van der Waals surface area contributed by atoms with Gasteiger partial charge in [-0.15, -0.1) is 0 Å². The predicted molar refractivity (Wildman–Crippen MR) is 78.1 cm³/mol.